The Morgan fingerprint density at radius 3 is 1.71 bits per heavy atom. The molecule has 2 atom stereocenters. The highest BCUT2D eigenvalue weighted by atomic mass is 16.6. The van der Waals surface area contributed by atoms with Crippen LogP contribution in [-0.4, -0.2) is 19.9 Å². The van der Waals surface area contributed by atoms with Crippen LogP contribution < -0.4 is 0 Å². The normalized spacial score (nSPS) is 40.9. The molecule has 0 spiro atoms. The average molecular weight is 98.9 g/mol. The molecular weight excluding hydrogens is 90.9 g/mol. The summed E-state index contributed by atoms with van der Waals surface area (Å²) in [5, 5.41) is 0. The van der Waals surface area contributed by atoms with E-state index in [0.717, 1.165) is 0 Å². The summed E-state index contributed by atoms with van der Waals surface area (Å²) in [5.74, 6) is 0. The van der Waals surface area contributed by atoms with E-state index < -0.39 is 0 Å². The minimum Gasteiger partial charge on any atom is -0.408 e. The van der Waals surface area contributed by atoms with Gasteiger partial charge in [0.05, 0.1) is 12.2 Å². The van der Waals surface area contributed by atoms with Crippen LogP contribution in [0, 0.1) is 0 Å². The van der Waals surface area contributed by atoms with E-state index in [2.05, 4.69) is 0 Å². The molecule has 0 unspecified atom stereocenters. The monoisotopic (exact) mass is 99.1 g/mol. The zero-order chi connectivity index (χ0) is 5.28. The zero-order valence-electron chi connectivity index (χ0n) is 4.55. The van der Waals surface area contributed by atoms with Crippen LogP contribution >= 0.6 is 0 Å². The molecular formula is C4H8BO2. The lowest BCUT2D eigenvalue weighted by atomic mass is 10.3. The van der Waals surface area contributed by atoms with Gasteiger partial charge in [0.25, 0.3) is 0 Å². The molecule has 0 saturated carbocycles. The summed E-state index contributed by atoms with van der Waals surface area (Å²) in [6, 6.07) is 0. The van der Waals surface area contributed by atoms with E-state index in [1.807, 2.05) is 13.8 Å². The molecule has 0 aromatic carbocycles. The molecule has 1 aliphatic heterocycles. The highest BCUT2D eigenvalue weighted by Gasteiger charge is 2.21. The molecule has 1 fully saturated rings. The first-order valence-electron chi connectivity index (χ1n) is 2.43. The summed E-state index contributed by atoms with van der Waals surface area (Å²) in [6.07, 6.45) is 0.472. The van der Waals surface area contributed by atoms with E-state index in [0.29, 0.717) is 0 Å². The molecule has 7 heavy (non-hydrogen) atoms. The molecule has 1 heterocycles. The number of hydrogen-bond donors (Lipinski definition) is 0. The van der Waals surface area contributed by atoms with Crippen molar-refractivity contribution in [1.82, 2.24) is 0 Å². The fourth-order valence-electron chi connectivity index (χ4n) is 0.429. The van der Waals surface area contributed by atoms with Crippen molar-refractivity contribution < 1.29 is 9.31 Å². The fraction of sp³-hybridized carbons (Fsp3) is 1.00. The Labute approximate surface area is 44.1 Å². The van der Waals surface area contributed by atoms with E-state index >= 15 is 0 Å². The van der Waals surface area contributed by atoms with Gasteiger partial charge in [-0.25, -0.2) is 0 Å². The molecule has 1 aliphatic rings. The van der Waals surface area contributed by atoms with E-state index in [1.165, 1.54) is 7.69 Å². The topological polar surface area (TPSA) is 18.5 Å². The van der Waals surface area contributed by atoms with Gasteiger partial charge in [-0.2, -0.15) is 0 Å². The van der Waals surface area contributed by atoms with Gasteiger partial charge in [-0.05, 0) is 13.8 Å². The third-order valence-corrected chi connectivity index (χ3v) is 1.20. The molecule has 0 amide bonds. The van der Waals surface area contributed by atoms with Gasteiger partial charge in [0.15, 0.2) is 0 Å². The van der Waals surface area contributed by atoms with E-state index in [-0.39, 0.29) is 12.2 Å². The van der Waals surface area contributed by atoms with Crippen LogP contribution in [0.1, 0.15) is 13.8 Å². The molecule has 2 nitrogen and oxygen atoms in total. The Morgan fingerprint density at radius 1 is 1.14 bits per heavy atom. The van der Waals surface area contributed by atoms with Crippen LogP contribution in [0.15, 0.2) is 0 Å². The first kappa shape index (κ1) is 5.13. The smallest absolute Gasteiger partial charge is 0.408 e. The van der Waals surface area contributed by atoms with Gasteiger partial charge < -0.3 is 9.31 Å². The maximum Gasteiger partial charge on any atom is 0.488 e. The molecule has 1 rings (SSSR count). The maximum absolute atomic E-state index is 4.92. The Bertz CT molecular complexity index is 58.7. The van der Waals surface area contributed by atoms with Crippen LogP contribution in [0.25, 0.3) is 0 Å². The van der Waals surface area contributed by atoms with Crippen LogP contribution in [0.3, 0.4) is 0 Å². The first-order chi connectivity index (χ1) is 3.30. The van der Waals surface area contributed by atoms with Gasteiger partial charge in [-0.15, -0.1) is 0 Å². The second-order valence-corrected chi connectivity index (χ2v) is 1.78. The first-order valence-corrected chi connectivity index (χ1v) is 2.43. The third-order valence-electron chi connectivity index (χ3n) is 1.20. The maximum atomic E-state index is 4.92. The van der Waals surface area contributed by atoms with Crippen molar-refractivity contribution in [3.63, 3.8) is 0 Å². The molecule has 0 aromatic heterocycles. The lowest BCUT2D eigenvalue weighted by Crippen LogP contribution is -2.13. The molecule has 1 saturated heterocycles. The second kappa shape index (κ2) is 1.84. The van der Waals surface area contributed by atoms with Crippen molar-refractivity contribution >= 4 is 7.69 Å². The Hall–Kier alpha value is -0.0151. The van der Waals surface area contributed by atoms with Crippen molar-refractivity contribution in [2.75, 3.05) is 0 Å². The Morgan fingerprint density at radius 2 is 1.57 bits per heavy atom. The van der Waals surface area contributed by atoms with Crippen LogP contribution in [0.2, 0.25) is 0 Å². The summed E-state index contributed by atoms with van der Waals surface area (Å²) >= 11 is 0. The quantitative estimate of drug-likeness (QED) is 0.408. The highest BCUT2D eigenvalue weighted by molar-refractivity contribution is 6.19. The number of hydrogen-bond acceptors (Lipinski definition) is 2. The van der Waals surface area contributed by atoms with Gasteiger partial charge in [-0.1, -0.05) is 0 Å². The summed E-state index contributed by atoms with van der Waals surface area (Å²) in [6.45, 7) is 3.96. The third kappa shape index (κ3) is 0.953. The molecule has 3 heteroatoms. The number of rotatable bonds is 0. The summed E-state index contributed by atoms with van der Waals surface area (Å²) < 4.78 is 9.84. The highest BCUT2D eigenvalue weighted by Crippen LogP contribution is 2.07. The van der Waals surface area contributed by atoms with Crippen molar-refractivity contribution in [3.05, 3.63) is 0 Å². The van der Waals surface area contributed by atoms with E-state index in [1.54, 1.807) is 0 Å². The van der Waals surface area contributed by atoms with Crippen LogP contribution in [0.5, 0.6) is 0 Å². The van der Waals surface area contributed by atoms with Gasteiger partial charge in [0.2, 0.25) is 0 Å². The molecule has 1 radical (unpaired) electrons. The van der Waals surface area contributed by atoms with E-state index in [4.69, 9.17) is 9.31 Å². The van der Waals surface area contributed by atoms with Gasteiger partial charge in [-0.3, -0.25) is 0 Å². The molecule has 0 aromatic rings. The van der Waals surface area contributed by atoms with Crippen LogP contribution in [-0.2, 0) is 9.31 Å². The summed E-state index contributed by atoms with van der Waals surface area (Å²) in [4.78, 5) is 0. The molecule has 0 N–H and O–H groups in total. The second-order valence-electron chi connectivity index (χ2n) is 1.78. The predicted molar refractivity (Wildman–Crippen MR) is 26.8 cm³/mol. The largest absolute Gasteiger partial charge is 0.488 e. The molecule has 39 valence electrons. The molecule has 0 aliphatic carbocycles. The predicted octanol–water partition coefficient (Wildman–Crippen LogP) is 0.344. The summed E-state index contributed by atoms with van der Waals surface area (Å²) in [5.41, 5.74) is 0. The van der Waals surface area contributed by atoms with E-state index in [9.17, 15) is 0 Å². The van der Waals surface area contributed by atoms with Crippen LogP contribution in [0.4, 0.5) is 0 Å². The van der Waals surface area contributed by atoms with Crippen molar-refractivity contribution in [2.45, 2.75) is 26.1 Å². The zero-order valence-corrected chi connectivity index (χ0v) is 4.55. The van der Waals surface area contributed by atoms with Crippen molar-refractivity contribution in [2.24, 2.45) is 0 Å². The fourth-order valence-corrected chi connectivity index (χ4v) is 0.429. The van der Waals surface area contributed by atoms with Gasteiger partial charge in [0.1, 0.15) is 0 Å². The van der Waals surface area contributed by atoms with Crippen molar-refractivity contribution in [3.8, 4) is 0 Å². The SMILES string of the molecule is C[C@@H]1O[B]O[C@H]1C. The Balaban J connectivity index is 2.33. The standard InChI is InChI=1S/C4H8BO2/c1-3-4(2)7-5-6-3/h3-4H,1-2H3/t3-,4-/m0/s1. The van der Waals surface area contributed by atoms with Gasteiger partial charge in [0, 0.05) is 0 Å². The molecule has 0 bridgehead atoms. The van der Waals surface area contributed by atoms with Gasteiger partial charge >= 0.3 is 7.69 Å². The summed E-state index contributed by atoms with van der Waals surface area (Å²) in [7, 11) is 1.40. The minimum atomic E-state index is 0.236. The minimum absolute atomic E-state index is 0.236. The lowest BCUT2D eigenvalue weighted by Gasteiger charge is -2.04. The Kier molecular flexibility index (Phi) is 1.35. The average Bonchev–Trinajstić information content (AvgIpc) is 1.91. The lowest BCUT2D eigenvalue weighted by molar-refractivity contribution is 0.187. The van der Waals surface area contributed by atoms with Crippen molar-refractivity contribution in [1.29, 1.82) is 0 Å².